The van der Waals surface area contributed by atoms with E-state index in [0.29, 0.717) is 23.1 Å². The van der Waals surface area contributed by atoms with Crippen molar-refractivity contribution in [2.45, 2.75) is 39.5 Å². The second-order valence-corrected chi connectivity index (χ2v) is 8.39. The first-order valence-corrected chi connectivity index (χ1v) is 10.8. The molecule has 3 rings (SSSR count). The van der Waals surface area contributed by atoms with Gasteiger partial charge in [0.25, 0.3) is 0 Å². The molecule has 5 nitrogen and oxygen atoms in total. The topological polar surface area (TPSA) is 64.6 Å². The highest BCUT2D eigenvalue weighted by Gasteiger charge is 2.28. The van der Waals surface area contributed by atoms with Gasteiger partial charge in [0.05, 0.1) is 19.3 Å². The molecular weight excluding hydrogens is 386 g/mol. The van der Waals surface area contributed by atoms with Crippen LogP contribution in [0.4, 0.5) is 5.00 Å². The van der Waals surface area contributed by atoms with E-state index in [1.165, 1.54) is 22.3 Å². The molecule has 0 spiro atoms. The Balaban J connectivity index is 1.78. The molecule has 1 aromatic heterocycles. The van der Waals surface area contributed by atoms with E-state index in [4.69, 9.17) is 9.47 Å². The van der Waals surface area contributed by atoms with E-state index < -0.39 is 0 Å². The molecule has 0 bridgehead atoms. The maximum absolute atomic E-state index is 12.7. The number of ether oxygens (including phenoxy) is 2. The summed E-state index contributed by atoms with van der Waals surface area (Å²) in [7, 11) is 1.61. The Labute approximate surface area is 175 Å². The van der Waals surface area contributed by atoms with Crippen LogP contribution in [0.25, 0.3) is 6.08 Å². The largest absolute Gasteiger partial charge is 0.497 e. The van der Waals surface area contributed by atoms with Crippen molar-refractivity contribution in [1.29, 1.82) is 0 Å². The summed E-state index contributed by atoms with van der Waals surface area (Å²) in [4.78, 5) is 26.4. The third-order valence-corrected chi connectivity index (χ3v) is 6.10. The predicted molar refractivity (Wildman–Crippen MR) is 117 cm³/mol. The number of amides is 1. The zero-order valence-electron chi connectivity index (χ0n) is 17.1. The summed E-state index contributed by atoms with van der Waals surface area (Å²) >= 11 is 1.50. The van der Waals surface area contributed by atoms with Gasteiger partial charge in [-0.1, -0.05) is 26.0 Å². The Hall–Kier alpha value is -2.60. The summed E-state index contributed by atoms with van der Waals surface area (Å²) in [6.07, 6.45) is 6.81. The van der Waals surface area contributed by atoms with Crippen LogP contribution in [0.3, 0.4) is 0 Å². The van der Waals surface area contributed by atoms with Gasteiger partial charge >= 0.3 is 5.97 Å². The number of fused-ring (bicyclic) bond motifs is 1. The predicted octanol–water partition coefficient (Wildman–Crippen LogP) is 5.10. The van der Waals surface area contributed by atoms with Gasteiger partial charge in [-0.3, -0.25) is 4.79 Å². The zero-order chi connectivity index (χ0) is 20.8. The van der Waals surface area contributed by atoms with E-state index in [2.05, 4.69) is 12.2 Å². The van der Waals surface area contributed by atoms with Gasteiger partial charge in [-0.25, -0.2) is 4.79 Å². The molecule has 1 atom stereocenters. The average molecular weight is 414 g/mol. The molecule has 1 aromatic carbocycles. The van der Waals surface area contributed by atoms with Crippen LogP contribution in [0.5, 0.6) is 5.75 Å². The number of rotatable bonds is 7. The molecule has 0 saturated carbocycles. The lowest BCUT2D eigenvalue weighted by atomic mass is 9.88. The van der Waals surface area contributed by atoms with Crippen molar-refractivity contribution in [2.24, 2.45) is 5.92 Å². The number of anilines is 1. The van der Waals surface area contributed by atoms with Gasteiger partial charge < -0.3 is 14.8 Å². The van der Waals surface area contributed by atoms with Gasteiger partial charge in [0.2, 0.25) is 5.91 Å². The van der Waals surface area contributed by atoms with Crippen LogP contribution in [0.2, 0.25) is 0 Å². The number of benzene rings is 1. The summed E-state index contributed by atoms with van der Waals surface area (Å²) < 4.78 is 10.5. The summed E-state index contributed by atoms with van der Waals surface area (Å²) in [5.74, 6) is 0.741. The number of thiophene rings is 1. The second-order valence-electron chi connectivity index (χ2n) is 7.29. The molecule has 1 heterocycles. The molecule has 6 heteroatoms. The SMILES string of the molecule is CCCOC(=O)c1c(NC(=O)C=Cc2ccc(OC)cc2)sc2c1CCC(C)C2. The number of carbonyl (C=O) groups is 2. The van der Waals surface area contributed by atoms with Gasteiger partial charge in [0.1, 0.15) is 10.8 Å². The number of carbonyl (C=O) groups excluding carboxylic acids is 2. The number of hydrogen-bond acceptors (Lipinski definition) is 5. The highest BCUT2D eigenvalue weighted by molar-refractivity contribution is 7.17. The Morgan fingerprint density at radius 2 is 2.03 bits per heavy atom. The van der Waals surface area contributed by atoms with Crippen molar-refractivity contribution in [3.63, 3.8) is 0 Å². The molecule has 0 saturated heterocycles. The first-order chi connectivity index (χ1) is 14.0. The van der Waals surface area contributed by atoms with Crippen molar-refractivity contribution < 1.29 is 19.1 Å². The molecular formula is C23H27NO4S. The lowest BCUT2D eigenvalue weighted by molar-refractivity contribution is -0.111. The van der Waals surface area contributed by atoms with Crippen molar-refractivity contribution >= 4 is 34.3 Å². The van der Waals surface area contributed by atoms with E-state index in [0.717, 1.165) is 42.6 Å². The van der Waals surface area contributed by atoms with Crippen LogP contribution in [-0.4, -0.2) is 25.6 Å². The van der Waals surface area contributed by atoms with E-state index in [1.54, 1.807) is 13.2 Å². The summed E-state index contributed by atoms with van der Waals surface area (Å²) in [6, 6.07) is 7.44. The fourth-order valence-electron chi connectivity index (χ4n) is 3.36. The van der Waals surface area contributed by atoms with E-state index in [-0.39, 0.29) is 11.9 Å². The third kappa shape index (κ3) is 5.26. The second kappa shape index (κ2) is 9.74. The minimum absolute atomic E-state index is 0.267. The summed E-state index contributed by atoms with van der Waals surface area (Å²) in [6.45, 7) is 4.56. The smallest absolute Gasteiger partial charge is 0.341 e. The molecule has 1 aliphatic rings. The third-order valence-electron chi connectivity index (χ3n) is 4.93. The first-order valence-electron chi connectivity index (χ1n) is 9.96. The maximum atomic E-state index is 12.7. The number of methoxy groups -OCH3 is 1. The molecule has 2 aromatic rings. The number of nitrogens with one attached hydrogen (secondary N) is 1. The number of hydrogen-bond donors (Lipinski definition) is 1. The highest BCUT2D eigenvalue weighted by atomic mass is 32.1. The Morgan fingerprint density at radius 3 is 2.72 bits per heavy atom. The Kier molecular flexibility index (Phi) is 7.09. The summed E-state index contributed by atoms with van der Waals surface area (Å²) in [5.41, 5.74) is 2.48. The lowest BCUT2D eigenvalue weighted by Crippen LogP contribution is -2.16. The van der Waals surface area contributed by atoms with Gasteiger partial charge in [-0.2, -0.15) is 0 Å². The first kappa shape index (κ1) is 21.1. The van der Waals surface area contributed by atoms with E-state index in [9.17, 15) is 9.59 Å². The molecule has 0 fully saturated rings. The normalized spacial score (nSPS) is 15.8. The fourth-order valence-corrected chi connectivity index (χ4v) is 4.76. The van der Waals surface area contributed by atoms with Crippen molar-refractivity contribution in [3.8, 4) is 5.75 Å². The zero-order valence-corrected chi connectivity index (χ0v) is 17.9. The van der Waals surface area contributed by atoms with Gasteiger partial charge in [0, 0.05) is 11.0 Å². The molecule has 0 radical (unpaired) electrons. The quantitative estimate of drug-likeness (QED) is 0.507. The van der Waals surface area contributed by atoms with Crippen LogP contribution in [0, 0.1) is 5.92 Å². The minimum Gasteiger partial charge on any atom is -0.497 e. The van der Waals surface area contributed by atoms with Crippen molar-refractivity contribution in [1.82, 2.24) is 0 Å². The molecule has 29 heavy (non-hydrogen) atoms. The van der Waals surface area contributed by atoms with Gasteiger partial charge in [-0.05, 0) is 60.9 Å². The molecule has 154 valence electrons. The molecule has 1 amide bonds. The molecule has 1 aliphatic carbocycles. The van der Waals surface area contributed by atoms with Crippen LogP contribution < -0.4 is 10.1 Å². The highest BCUT2D eigenvalue weighted by Crippen LogP contribution is 2.40. The average Bonchev–Trinajstić information content (AvgIpc) is 3.07. The van der Waals surface area contributed by atoms with Crippen molar-refractivity contribution in [2.75, 3.05) is 19.0 Å². The Bertz CT molecular complexity index is 898. The van der Waals surface area contributed by atoms with Crippen LogP contribution in [0.1, 0.15) is 53.1 Å². The lowest BCUT2D eigenvalue weighted by Gasteiger charge is -2.18. The van der Waals surface area contributed by atoms with Crippen LogP contribution >= 0.6 is 11.3 Å². The fraction of sp³-hybridized carbons (Fsp3) is 0.391. The maximum Gasteiger partial charge on any atom is 0.341 e. The van der Waals surface area contributed by atoms with Gasteiger partial charge in [-0.15, -0.1) is 11.3 Å². The molecule has 1 N–H and O–H groups in total. The Morgan fingerprint density at radius 1 is 1.28 bits per heavy atom. The van der Waals surface area contributed by atoms with Crippen molar-refractivity contribution in [3.05, 3.63) is 51.9 Å². The van der Waals surface area contributed by atoms with Crippen LogP contribution in [0.15, 0.2) is 30.3 Å². The monoisotopic (exact) mass is 413 g/mol. The molecule has 1 unspecified atom stereocenters. The van der Waals surface area contributed by atoms with Crippen LogP contribution in [-0.2, 0) is 22.4 Å². The van der Waals surface area contributed by atoms with E-state index >= 15 is 0 Å². The summed E-state index contributed by atoms with van der Waals surface area (Å²) in [5, 5.41) is 3.49. The molecule has 0 aliphatic heterocycles. The minimum atomic E-state index is -0.340. The standard InChI is InChI=1S/C23H27NO4S/c1-4-13-28-23(26)21-18-11-5-15(2)14-19(18)29-22(21)24-20(25)12-8-16-6-9-17(27-3)10-7-16/h6-10,12,15H,4-5,11,13-14H2,1-3H3,(H,24,25). The van der Waals surface area contributed by atoms with Gasteiger partial charge in [0.15, 0.2) is 0 Å². The number of esters is 1. The van der Waals surface area contributed by atoms with E-state index in [1.807, 2.05) is 31.2 Å².